The molecular formula is C7H9BO3. The van der Waals surface area contributed by atoms with Crippen LogP contribution < -0.4 is 5.46 Å². The first-order chi connectivity index (χ1) is 5.25. The fourth-order valence-electron chi connectivity index (χ4n) is 0.778. The van der Waals surface area contributed by atoms with Crippen molar-refractivity contribution in [1.82, 2.24) is 0 Å². The quantitative estimate of drug-likeness (QED) is 0.432. The molecule has 0 atom stereocenters. The minimum atomic E-state index is -0.394. The molecule has 1 aromatic heterocycles. The molecule has 0 amide bonds. The lowest BCUT2D eigenvalue weighted by Gasteiger charge is -1.97. The minimum Gasteiger partial charge on any atom is -0.460 e. The number of carbonyl (C=O) groups is 1. The Bertz CT molecular complexity index is 254. The smallest absolute Gasteiger partial charge is 0.373 e. The summed E-state index contributed by atoms with van der Waals surface area (Å²) in [5, 5.41) is 0. The fraction of sp³-hybridized carbons (Fsp3) is 0.286. The molecule has 4 heteroatoms. The summed E-state index contributed by atoms with van der Waals surface area (Å²) < 4.78 is 9.64. The Labute approximate surface area is 65.7 Å². The first kappa shape index (κ1) is 7.92. The molecule has 1 rings (SSSR count). The van der Waals surface area contributed by atoms with Crippen molar-refractivity contribution in [3.63, 3.8) is 0 Å². The summed E-state index contributed by atoms with van der Waals surface area (Å²) in [7, 11) is 1.80. The fourth-order valence-corrected chi connectivity index (χ4v) is 0.778. The number of carbonyl (C=O) groups excluding carboxylic acids is 1. The normalized spacial score (nSPS) is 9.55. The molecule has 0 aliphatic rings. The van der Waals surface area contributed by atoms with E-state index < -0.39 is 5.97 Å². The predicted octanol–water partition coefficient (Wildman–Crippen LogP) is -0.285. The van der Waals surface area contributed by atoms with Gasteiger partial charge in [0.25, 0.3) is 0 Å². The first-order valence-corrected chi connectivity index (χ1v) is 3.47. The molecule has 0 N–H and O–H groups in total. The monoisotopic (exact) mass is 152 g/mol. The van der Waals surface area contributed by atoms with Gasteiger partial charge in [0.1, 0.15) is 7.85 Å². The van der Waals surface area contributed by atoms with E-state index in [0.717, 1.165) is 5.46 Å². The standard InChI is InChI=1S/C7H9BO3/c1-2-10-7(9)6-5(8)3-4-11-6/h3-4H,2,8H2,1H3. The van der Waals surface area contributed by atoms with Crippen LogP contribution in [0.4, 0.5) is 0 Å². The van der Waals surface area contributed by atoms with Crippen LogP contribution in [0.2, 0.25) is 0 Å². The van der Waals surface area contributed by atoms with Crippen molar-refractivity contribution in [2.45, 2.75) is 6.92 Å². The van der Waals surface area contributed by atoms with Crippen LogP contribution in [0.25, 0.3) is 0 Å². The highest BCUT2D eigenvalue weighted by Gasteiger charge is 2.12. The number of furan rings is 1. The highest BCUT2D eigenvalue weighted by molar-refractivity contribution is 6.35. The van der Waals surface area contributed by atoms with Gasteiger partial charge in [-0.3, -0.25) is 0 Å². The number of esters is 1. The third-order valence-corrected chi connectivity index (χ3v) is 1.32. The number of ether oxygens (including phenoxy) is 1. The molecule has 1 aromatic rings. The van der Waals surface area contributed by atoms with Gasteiger partial charge in [-0.2, -0.15) is 0 Å². The van der Waals surface area contributed by atoms with Crippen molar-refractivity contribution < 1.29 is 13.9 Å². The van der Waals surface area contributed by atoms with Gasteiger partial charge in [0, 0.05) is 0 Å². The van der Waals surface area contributed by atoms with Crippen molar-refractivity contribution in [3.05, 3.63) is 18.1 Å². The average Bonchev–Trinajstić information content (AvgIpc) is 2.36. The van der Waals surface area contributed by atoms with E-state index in [1.165, 1.54) is 6.26 Å². The second-order valence-corrected chi connectivity index (χ2v) is 2.15. The van der Waals surface area contributed by atoms with Gasteiger partial charge >= 0.3 is 5.97 Å². The summed E-state index contributed by atoms with van der Waals surface area (Å²) in [4.78, 5) is 11.0. The van der Waals surface area contributed by atoms with Crippen LogP contribution >= 0.6 is 0 Å². The Morgan fingerprint density at radius 1 is 1.82 bits per heavy atom. The molecule has 0 aromatic carbocycles. The highest BCUT2D eigenvalue weighted by atomic mass is 16.5. The molecule has 58 valence electrons. The van der Waals surface area contributed by atoms with Gasteiger partial charge in [0.15, 0.2) is 0 Å². The van der Waals surface area contributed by atoms with Gasteiger partial charge in [0.05, 0.1) is 12.9 Å². The number of rotatable bonds is 2. The van der Waals surface area contributed by atoms with Gasteiger partial charge in [-0.1, -0.05) is 0 Å². The molecule has 0 spiro atoms. The molecule has 0 aliphatic heterocycles. The largest absolute Gasteiger partial charge is 0.460 e. The van der Waals surface area contributed by atoms with E-state index >= 15 is 0 Å². The van der Waals surface area contributed by atoms with Crippen molar-refractivity contribution >= 4 is 19.3 Å². The zero-order chi connectivity index (χ0) is 8.27. The van der Waals surface area contributed by atoms with E-state index in [2.05, 4.69) is 0 Å². The van der Waals surface area contributed by atoms with Crippen molar-refractivity contribution in [2.75, 3.05) is 6.61 Å². The summed E-state index contributed by atoms with van der Waals surface area (Å²) in [6.07, 6.45) is 1.47. The van der Waals surface area contributed by atoms with Crippen LogP contribution in [-0.2, 0) is 4.74 Å². The van der Waals surface area contributed by atoms with Gasteiger partial charge in [-0.05, 0) is 18.5 Å². The van der Waals surface area contributed by atoms with E-state index in [9.17, 15) is 4.79 Å². The summed E-state index contributed by atoms with van der Waals surface area (Å²) in [6.45, 7) is 2.13. The van der Waals surface area contributed by atoms with E-state index in [-0.39, 0.29) is 0 Å². The zero-order valence-electron chi connectivity index (χ0n) is 6.59. The molecule has 0 aliphatic carbocycles. The van der Waals surface area contributed by atoms with Crippen LogP contribution in [-0.4, -0.2) is 20.4 Å². The first-order valence-electron chi connectivity index (χ1n) is 3.47. The van der Waals surface area contributed by atoms with E-state index in [0.29, 0.717) is 12.4 Å². The second kappa shape index (κ2) is 3.28. The topological polar surface area (TPSA) is 39.4 Å². The van der Waals surface area contributed by atoms with Crippen LogP contribution in [0.5, 0.6) is 0 Å². The molecule has 0 fully saturated rings. The number of hydrogen-bond acceptors (Lipinski definition) is 3. The molecule has 11 heavy (non-hydrogen) atoms. The van der Waals surface area contributed by atoms with Gasteiger partial charge in [-0.25, -0.2) is 4.79 Å². The van der Waals surface area contributed by atoms with Gasteiger partial charge < -0.3 is 9.15 Å². The minimum absolute atomic E-state index is 0.298. The molecule has 0 saturated heterocycles. The molecule has 0 radical (unpaired) electrons. The Morgan fingerprint density at radius 3 is 3.00 bits per heavy atom. The predicted molar refractivity (Wildman–Crippen MR) is 42.8 cm³/mol. The lowest BCUT2D eigenvalue weighted by Crippen LogP contribution is -2.14. The molecule has 0 bridgehead atoms. The van der Waals surface area contributed by atoms with Crippen molar-refractivity contribution in [2.24, 2.45) is 0 Å². The molecule has 0 unspecified atom stereocenters. The highest BCUT2D eigenvalue weighted by Crippen LogP contribution is 1.98. The molecular weight excluding hydrogens is 143 g/mol. The maximum atomic E-state index is 11.0. The van der Waals surface area contributed by atoms with Crippen LogP contribution in [0.3, 0.4) is 0 Å². The van der Waals surface area contributed by atoms with Crippen LogP contribution in [0, 0.1) is 0 Å². The van der Waals surface area contributed by atoms with Crippen LogP contribution in [0.1, 0.15) is 17.5 Å². The zero-order valence-corrected chi connectivity index (χ0v) is 6.59. The average molecular weight is 152 g/mol. The molecule has 0 saturated carbocycles. The Hall–Kier alpha value is -1.19. The summed E-state index contributed by atoms with van der Waals surface area (Å²) in [5.74, 6) is -0.0955. The third kappa shape index (κ3) is 1.64. The van der Waals surface area contributed by atoms with Gasteiger partial charge in [-0.15, -0.1) is 0 Å². The maximum absolute atomic E-state index is 11.0. The third-order valence-electron chi connectivity index (χ3n) is 1.32. The Balaban J connectivity index is 2.76. The van der Waals surface area contributed by atoms with Gasteiger partial charge in [0.2, 0.25) is 5.76 Å². The molecule has 1 heterocycles. The van der Waals surface area contributed by atoms with Crippen molar-refractivity contribution in [1.29, 1.82) is 0 Å². The summed E-state index contributed by atoms with van der Waals surface area (Å²) in [6, 6.07) is 1.73. The number of hydrogen-bond donors (Lipinski definition) is 0. The summed E-state index contributed by atoms with van der Waals surface area (Å²) in [5.41, 5.74) is 0.809. The Kier molecular flexibility index (Phi) is 2.36. The van der Waals surface area contributed by atoms with Crippen LogP contribution in [0.15, 0.2) is 16.7 Å². The lowest BCUT2D eigenvalue weighted by molar-refractivity contribution is 0.0492. The van der Waals surface area contributed by atoms with E-state index in [1.54, 1.807) is 20.8 Å². The SMILES string of the molecule is Bc1ccoc1C(=O)OCC. The van der Waals surface area contributed by atoms with E-state index in [1.807, 2.05) is 0 Å². The second-order valence-electron chi connectivity index (χ2n) is 2.15. The van der Waals surface area contributed by atoms with E-state index in [4.69, 9.17) is 9.15 Å². The van der Waals surface area contributed by atoms with Crippen molar-refractivity contribution in [3.8, 4) is 0 Å². The molecule has 3 nitrogen and oxygen atoms in total. The maximum Gasteiger partial charge on any atom is 0.373 e. The summed E-state index contributed by atoms with van der Waals surface area (Å²) >= 11 is 0. The Morgan fingerprint density at radius 2 is 2.55 bits per heavy atom. The lowest BCUT2D eigenvalue weighted by atomic mass is 9.97.